The Bertz CT molecular complexity index is 671. The molecule has 0 unspecified atom stereocenters. The first kappa shape index (κ1) is 15.5. The predicted octanol–water partition coefficient (Wildman–Crippen LogP) is 2.45. The summed E-state index contributed by atoms with van der Waals surface area (Å²) in [5.41, 5.74) is 1.21. The van der Waals surface area contributed by atoms with Crippen LogP contribution in [0.4, 0.5) is 0 Å². The normalized spacial score (nSPS) is 16.1. The second-order valence-corrected chi connectivity index (χ2v) is 5.65. The van der Waals surface area contributed by atoms with Crippen molar-refractivity contribution in [3.05, 3.63) is 59.8 Å². The summed E-state index contributed by atoms with van der Waals surface area (Å²) in [5, 5.41) is 0. The van der Waals surface area contributed by atoms with Crippen molar-refractivity contribution in [3.8, 4) is 0 Å². The summed E-state index contributed by atoms with van der Waals surface area (Å²) < 4.78 is 5.31. The lowest BCUT2D eigenvalue weighted by Crippen LogP contribution is -2.48. The fourth-order valence-electron chi connectivity index (χ4n) is 2.65. The Morgan fingerprint density at radius 3 is 2.61 bits per heavy atom. The number of benzene rings is 1. The molecule has 5 heteroatoms. The number of aromatic nitrogens is 1. The number of amides is 1. The van der Waals surface area contributed by atoms with Gasteiger partial charge in [0.25, 0.3) is 5.91 Å². The Labute approximate surface area is 136 Å². The number of carbonyl (C=O) groups is 1. The fraction of sp³-hybridized carbons (Fsp3) is 0.333. The predicted molar refractivity (Wildman–Crippen MR) is 89.1 cm³/mol. The highest BCUT2D eigenvalue weighted by Gasteiger charge is 2.23. The molecule has 1 fully saturated rings. The van der Waals surface area contributed by atoms with E-state index in [0.717, 1.165) is 32.7 Å². The van der Waals surface area contributed by atoms with Gasteiger partial charge in [-0.1, -0.05) is 42.5 Å². The number of piperazine rings is 1. The highest BCUT2D eigenvalue weighted by atomic mass is 16.4. The van der Waals surface area contributed by atoms with Gasteiger partial charge in [0, 0.05) is 39.6 Å². The zero-order valence-electron chi connectivity index (χ0n) is 13.3. The van der Waals surface area contributed by atoms with E-state index in [1.54, 1.807) is 6.92 Å². The van der Waals surface area contributed by atoms with Gasteiger partial charge in [0.2, 0.25) is 5.76 Å². The number of hydrogen-bond acceptors (Lipinski definition) is 4. The lowest BCUT2D eigenvalue weighted by Gasteiger charge is -2.33. The molecule has 1 aliphatic rings. The Kier molecular flexibility index (Phi) is 4.88. The van der Waals surface area contributed by atoms with E-state index in [1.165, 1.54) is 11.8 Å². The van der Waals surface area contributed by atoms with Crippen molar-refractivity contribution in [3.63, 3.8) is 0 Å². The van der Waals surface area contributed by atoms with Gasteiger partial charge in [-0.05, 0) is 5.56 Å². The number of nitrogens with zero attached hydrogens (tertiary/aromatic N) is 3. The minimum atomic E-state index is -0.0647. The molecule has 0 radical (unpaired) electrons. The van der Waals surface area contributed by atoms with E-state index in [0.29, 0.717) is 11.7 Å². The van der Waals surface area contributed by atoms with E-state index in [-0.39, 0.29) is 5.91 Å². The van der Waals surface area contributed by atoms with Crippen molar-refractivity contribution in [2.75, 3.05) is 32.7 Å². The molecule has 0 N–H and O–H groups in total. The van der Waals surface area contributed by atoms with Crippen LogP contribution in [-0.2, 0) is 0 Å². The molecular weight excluding hydrogens is 290 g/mol. The van der Waals surface area contributed by atoms with Crippen LogP contribution in [0, 0.1) is 6.92 Å². The lowest BCUT2D eigenvalue weighted by atomic mass is 10.2. The van der Waals surface area contributed by atoms with Gasteiger partial charge in [0.1, 0.15) is 0 Å². The van der Waals surface area contributed by atoms with Gasteiger partial charge in [0.05, 0.1) is 6.20 Å². The van der Waals surface area contributed by atoms with Crippen molar-refractivity contribution in [2.24, 2.45) is 0 Å². The Morgan fingerprint density at radius 2 is 1.96 bits per heavy atom. The van der Waals surface area contributed by atoms with Crippen LogP contribution in [0.2, 0.25) is 0 Å². The van der Waals surface area contributed by atoms with E-state index in [4.69, 9.17) is 4.42 Å². The quantitative estimate of drug-likeness (QED) is 0.870. The van der Waals surface area contributed by atoms with E-state index in [2.05, 4.69) is 34.2 Å². The zero-order chi connectivity index (χ0) is 16.1. The molecule has 3 rings (SSSR count). The van der Waals surface area contributed by atoms with Crippen LogP contribution in [0.15, 0.2) is 47.0 Å². The summed E-state index contributed by atoms with van der Waals surface area (Å²) in [6.07, 6.45) is 5.81. The lowest BCUT2D eigenvalue weighted by molar-refractivity contribution is 0.0618. The number of aryl methyl sites for hydroxylation is 1. The van der Waals surface area contributed by atoms with Gasteiger partial charge >= 0.3 is 0 Å². The first-order valence-corrected chi connectivity index (χ1v) is 7.88. The summed E-state index contributed by atoms with van der Waals surface area (Å²) in [4.78, 5) is 20.4. The van der Waals surface area contributed by atoms with Crippen LogP contribution in [0.3, 0.4) is 0 Å². The van der Waals surface area contributed by atoms with Crippen LogP contribution in [-0.4, -0.2) is 53.4 Å². The topological polar surface area (TPSA) is 49.6 Å². The smallest absolute Gasteiger partial charge is 0.291 e. The SMILES string of the molecule is Cc1ncc(C(=O)N2CCN(C/C=C/c3ccccc3)CC2)o1. The van der Waals surface area contributed by atoms with E-state index < -0.39 is 0 Å². The maximum atomic E-state index is 12.3. The highest BCUT2D eigenvalue weighted by molar-refractivity contribution is 5.91. The van der Waals surface area contributed by atoms with Crippen LogP contribution in [0.5, 0.6) is 0 Å². The fourth-order valence-corrected chi connectivity index (χ4v) is 2.65. The third-order valence-electron chi connectivity index (χ3n) is 3.97. The van der Waals surface area contributed by atoms with Crippen LogP contribution in [0.25, 0.3) is 6.08 Å². The number of oxazole rings is 1. The van der Waals surface area contributed by atoms with Gasteiger partial charge in [-0.25, -0.2) is 4.98 Å². The standard InChI is InChI=1S/C18H21N3O2/c1-15-19-14-17(23-15)18(22)21-12-10-20(11-13-21)9-5-8-16-6-3-2-4-7-16/h2-8,14H,9-13H2,1H3/b8-5+. The van der Waals surface area contributed by atoms with Crippen LogP contribution < -0.4 is 0 Å². The second kappa shape index (κ2) is 7.24. The summed E-state index contributed by atoms with van der Waals surface area (Å²) in [6.45, 7) is 5.83. The summed E-state index contributed by atoms with van der Waals surface area (Å²) in [5.74, 6) is 0.794. The molecule has 0 bridgehead atoms. The van der Waals surface area contributed by atoms with Gasteiger partial charge in [0.15, 0.2) is 5.89 Å². The minimum absolute atomic E-state index is 0.0647. The van der Waals surface area contributed by atoms with Gasteiger partial charge < -0.3 is 9.32 Å². The molecule has 1 aromatic heterocycles. The molecule has 0 atom stereocenters. The first-order valence-electron chi connectivity index (χ1n) is 7.88. The Morgan fingerprint density at radius 1 is 1.22 bits per heavy atom. The summed E-state index contributed by atoms with van der Waals surface area (Å²) in [6, 6.07) is 10.3. The molecule has 120 valence electrons. The van der Waals surface area contributed by atoms with Gasteiger partial charge in [-0.2, -0.15) is 0 Å². The Hall–Kier alpha value is -2.40. The van der Waals surface area contributed by atoms with Crippen molar-refractivity contribution < 1.29 is 9.21 Å². The maximum absolute atomic E-state index is 12.3. The molecule has 2 aromatic rings. The van der Waals surface area contributed by atoms with E-state index in [9.17, 15) is 4.79 Å². The molecular formula is C18H21N3O2. The molecule has 1 amide bonds. The average molecular weight is 311 g/mol. The van der Waals surface area contributed by atoms with Crippen LogP contribution in [0.1, 0.15) is 22.0 Å². The van der Waals surface area contributed by atoms with Crippen molar-refractivity contribution in [1.29, 1.82) is 0 Å². The monoisotopic (exact) mass is 311 g/mol. The molecule has 1 aliphatic heterocycles. The molecule has 2 heterocycles. The van der Waals surface area contributed by atoms with Gasteiger partial charge in [-0.3, -0.25) is 9.69 Å². The minimum Gasteiger partial charge on any atom is -0.436 e. The van der Waals surface area contributed by atoms with E-state index in [1.807, 2.05) is 23.1 Å². The maximum Gasteiger partial charge on any atom is 0.291 e. The molecule has 5 nitrogen and oxygen atoms in total. The van der Waals surface area contributed by atoms with Crippen molar-refractivity contribution in [1.82, 2.24) is 14.8 Å². The number of carbonyl (C=O) groups excluding carboxylic acids is 1. The zero-order valence-corrected chi connectivity index (χ0v) is 13.3. The van der Waals surface area contributed by atoms with Crippen LogP contribution >= 0.6 is 0 Å². The molecule has 1 aromatic carbocycles. The van der Waals surface area contributed by atoms with Gasteiger partial charge in [-0.15, -0.1) is 0 Å². The van der Waals surface area contributed by atoms with Crippen molar-refractivity contribution in [2.45, 2.75) is 6.92 Å². The molecule has 0 saturated carbocycles. The third kappa shape index (κ3) is 4.07. The third-order valence-corrected chi connectivity index (χ3v) is 3.97. The first-order chi connectivity index (χ1) is 11.2. The summed E-state index contributed by atoms with van der Waals surface area (Å²) >= 11 is 0. The summed E-state index contributed by atoms with van der Waals surface area (Å²) in [7, 11) is 0. The Balaban J connectivity index is 1.47. The molecule has 0 aliphatic carbocycles. The number of hydrogen-bond donors (Lipinski definition) is 0. The largest absolute Gasteiger partial charge is 0.436 e. The number of rotatable bonds is 4. The molecule has 0 spiro atoms. The average Bonchev–Trinajstić information content (AvgIpc) is 3.02. The molecule has 23 heavy (non-hydrogen) atoms. The molecule has 1 saturated heterocycles. The van der Waals surface area contributed by atoms with E-state index >= 15 is 0 Å². The highest BCUT2D eigenvalue weighted by Crippen LogP contribution is 2.10. The van der Waals surface area contributed by atoms with Crippen molar-refractivity contribution >= 4 is 12.0 Å². The second-order valence-electron chi connectivity index (χ2n) is 5.65.